The molecule has 3 rings (SSSR count). The van der Waals surface area contributed by atoms with Crippen LogP contribution in [0.1, 0.15) is 29.3 Å². The van der Waals surface area contributed by atoms with Gasteiger partial charge >= 0.3 is 0 Å². The Morgan fingerprint density at radius 2 is 2.05 bits per heavy atom. The van der Waals surface area contributed by atoms with E-state index in [1.165, 1.54) is 0 Å². The summed E-state index contributed by atoms with van der Waals surface area (Å²) in [5, 5.41) is 20.4. The van der Waals surface area contributed by atoms with Gasteiger partial charge in [0.15, 0.2) is 6.04 Å². The third kappa shape index (κ3) is 2.52. The molecule has 1 aliphatic heterocycles. The number of hydrazone groups is 1. The maximum absolute atomic E-state index is 9.53. The molecule has 0 radical (unpaired) electrons. The van der Waals surface area contributed by atoms with Crippen LogP contribution in [0.5, 0.6) is 0 Å². The van der Waals surface area contributed by atoms with Gasteiger partial charge in [-0.15, -0.1) is 0 Å². The average Bonchev–Trinajstić information content (AvgIpc) is 3.09. The molecule has 0 fully saturated rings. The second-order valence-corrected chi connectivity index (χ2v) is 5.20. The van der Waals surface area contributed by atoms with Crippen molar-refractivity contribution in [3.63, 3.8) is 0 Å². The second-order valence-electron chi connectivity index (χ2n) is 5.20. The second kappa shape index (κ2) is 5.41. The minimum Gasteiger partial charge on any atom is -0.275 e. The lowest BCUT2D eigenvalue weighted by Crippen LogP contribution is -2.20. The maximum Gasteiger partial charge on any atom is 0.161 e. The Balaban J connectivity index is 1.89. The molecule has 106 valence electrons. The first kappa shape index (κ1) is 13.4. The molecule has 2 aromatic rings. The Labute approximate surface area is 124 Å². The van der Waals surface area contributed by atoms with Crippen LogP contribution in [0.3, 0.4) is 0 Å². The molecule has 0 amide bonds. The minimum atomic E-state index is -0.375. The van der Waals surface area contributed by atoms with E-state index in [0.29, 0.717) is 0 Å². The number of benzene rings is 1. The molecular formula is C16H17N5. The summed E-state index contributed by atoms with van der Waals surface area (Å²) in [7, 11) is 1.87. The number of nitrogens with zero attached hydrogens (tertiary/aromatic N) is 5. The topological polar surface area (TPSA) is 57.2 Å². The highest BCUT2D eigenvalue weighted by Crippen LogP contribution is 2.27. The molecule has 21 heavy (non-hydrogen) atoms. The van der Waals surface area contributed by atoms with Gasteiger partial charge in [-0.3, -0.25) is 9.69 Å². The first-order chi connectivity index (χ1) is 10.2. The van der Waals surface area contributed by atoms with E-state index in [9.17, 15) is 5.26 Å². The zero-order valence-corrected chi connectivity index (χ0v) is 12.2. The van der Waals surface area contributed by atoms with Gasteiger partial charge in [-0.1, -0.05) is 30.3 Å². The minimum absolute atomic E-state index is 0.375. The fraction of sp³-hybridized carbons (Fsp3) is 0.312. The number of nitriles is 1. The Morgan fingerprint density at radius 1 is 1.29 bits per heavy atom. The smallest absolute Gasteiger partial charge is 0.161 e. The molecule has 5 nitrogen and oxygen atoms in total. The predicted molar refractivity (Wildman–Crippen MR) is 80.6 cm³/mol. The number of rotatable bonds is 3. The van der Waals surface area contributed by atoms with Gasteiger partial charge in [-0.2, -0.15) is 15.5 Å². The molecule has 5 heteroatoms. The molecule has 0 spiro atoms. The first-order valence-electron chi connectivity index (χ1n) is 6.98. The summed E-state index contributed by atoms with van der Waals surface area (Å²) in [6, 6.07) is 12.1. The fourth-order valence-corrected chi connectivity index (χ4v) is 2.68. The molecule has 0 N–H and O–H groups in total. The monoisotopic (exact) mass is 279 g/mol. The van der Waals surface area contributed by atoms with E-state index in [1.54, 1.807) is 4.68 Å². The predicted octanol–water partition coefficient (Wildman–Crippen LogP) is 2.40. The van der Waals surface area contributed by atoms with Crippen LogP contribution >= 0.6 is 0 Å². The maximum atomic E-state index is 9.53. The molecule has 0 unspecified atom stereocenters. The van der Waals surface area contributed by atoms with E-state index in [0.717, 1.165) is 35.5 Å². The summed E-state index contributed by atoms with van der Waals surface area (Å²) >= 11 is 0. The number of aryl methyl sites for hydroxylation is 2. The van der Waals surface area contributed by atoms with Crippen LogP contribution < -0.4 is 0 Å². The van der Waals surface area contributed by atoms with E-state index in [4.69, 9.17) is 0 Å². The van der Waals surface area contributed by atoms with Crippen LogP contribution in [0.4, 0.5) is 0 Å². The van der Waals surface area contributed by atoms with Crippen molar-refractivity contribution in [2.24, 2.45) is 12.1 Å². The van der Waals surface area contributed by atoms with Crippen LogP contribution in [0, 0.1) is 18.3 Å². The van der Waals surface area contributed by atoms with Crippen LogP contribution in [0.2, 0.25) is 0 Å². The Morgan fingerprint density at radius 3 is 2.67 bits per heavy atom. The fourth-order valence-electron chi connectivity index (χ4n) is 2.68. The molecule has 0 aliphatic carbocycles. The SMILES string of the molecule is Cc1nn(C)cc1[C@H](C#N)N1CCC(c2ccccc2)=N1. The van der Waals surface area contributed by atoms with Gasteiger partial charge in [0.05, 0.1) is 17.5 Å². The summed E-state index contributed by atoms with van der Waals surface area (Å²) < 4.78 is 1.74. The van der Waals surface area contributed by atoms with Crippen molar-refractivity contribution in [1.29, 1.82) is 5.26 Å². The molecule has 0 saturated heterocycles. The van der Waals surface area contributed by atoms with Crippen molar-refractivity contribution in [2.45, 2.75) is 19.4 Å². The lowest BCUT2D eigenvalue weighted by atomic mass is 10.1. The Kier molecular flexibility index (Phi) is 3.44. The average molecular weight is 279 g/mol. The highest BCUT2D eigenvalue weighted by atomic mass is 15.5. The van der Waals surface area contributed by atoms with Gasteiger partial charge in [-0.25, -0.2) is 0 Å². The van der Waals surface area contributed by atoms with E-state index in [2.05, 4.69) is 28.4 Å². The first-order valence-corrected chi connectivity index (χ1v) is 6.98. The molecule has 0 saturated carbocycles. The summed E-state index contributed by atoms with van der Waals surface area (Å²) in [6.45, 7) is 2.69. The highest BCUT2D eigenvalue weighted by Gasteiger charge is 2.27. The van der Waals surface area contributed by atoms with Gasteiger partial charge in [0, 0.05) is 31.8 Å². The molecule has 1 atom stereocenters. The zero-order valence-electron chi connectivity index (χ0n) is 12.2. The highest BCUT2D eigenvalue weighted by molar-refractivity contribution is 6.01. The van der Waals surface area contributed by atoms with E-state index in [1.807, 2.05) is 43.4 Å². The third-order valence-electron chi connectivity index (χ3n) is 3.70. The normalized spacial score (nSPS) is 15.7. The lowest BCUT2D eigenvalue weighted by Gasteiger charge is -2.19. The number of aromatic nitrogens is 2. The van der Waals surface area contributed by atoms with Crippen LogP contribution in [-0.2, 0) is 7.05 Å². The molecule has 1 aliphatic rings. The molecule has 2 heterocycles. The third-order valence-corrected chi connectivity index (χ3v) is 3.70. The summed E-state index contributed by atoms with van der Waals surface area (Å²) in [6.07, 6.45) is 2.76. The summed E-state index contributed by atoms with van der Waals surface area (Å²) in [5.74, 6) is 0. The van der Waals surface area contributed by atoms with Crippen molar-refractivity contribution >= 4 is 5.71 Å². The molecule has 1 aromatic heterocycles. The van der Waals surface area contributed by atoms with Crippen LogP contribution in [-0.4, -0.2) is 27.0 Å². The number of hydrogen-bond acceptors (Lipinski definition) is 4. The number of hydrogen-bond donors (Lipinski definition) is 0. The van der Waals surface area contributed by atoms with Gasteiger partial charge < -0.3 is 0 Å². The summed E-state index contributed by atoms with van der Waals surface area (Å²) in [4.78, 5) is 0. The lowest BCUT2D eigenvalue weighted by molar-refractivity contribution is 0.274. The van der Waals surface area contributed by atoms with Crippen LogP contribution in [0.15, 0.2) is 41.6 Å². The Hall–Kier alpha value is -2.61. The molecular weight excluding hydrogens is 262 g/mol. The van der Waals surface area contributed by atoms with Crippen molar-refractivity contribution in [3.8, 4) is 6.07 Å². The van der Waals surface area contributed by atoms with Crippen molar-refractivity contribution in [2.75, 3.05) is 6.54 Å². The quantitative estimate of drug-likeness (QED) is 0.867. The van der Waals surface area contributed by atoms with Gasteiger partial charge in [0.25, 0.3) is 0 Å². The van der Waals surface area contributed by atoms with E-state index >= 15 is 0 Å². The Bertz CT molecular complexity index is 708. The van der Waals surface area contributed by atoms with Crippen molar-refractivity contribution < 1.29 is 0 Å². The van der Waals surface area contributed by atoms with Gasteiger partial charge in [-0.05, 0) is 12.5 Å². The van der Waals surface area contributed by atoms with Crippen molar-refractivity contribution in [1.82, 2.24) is 14.8 Å². The van der Waals surface area contributed by atoms with Gasteiger partial charge in [0.1, 0.15) is 0 Å². The largest absolute Gasteiger partial charge is 0.275 e. The van der Waals surface area contributed by atoms with Crippen LogP contribution in [0.25, 0.3) is 0 Å². The standard InChI is InChI=1S/C16H17N5/c1-12-14(11-20(2)18-12)16(10-17)21-9-8-15(19-21)13-6-4-3-5-7-13/h3-7,11,16H,8-9H2,1-2H3/t16-/m0/s1. The van der Waals surface area contributed by atoms with E-state index in [-0.39, 0.29) is 6.04 Å². The zero-order chi connectivity index (χ0) is 14.8. The summed E-state index contributed by atoms with van der Waals surface area (Å²) in [5.41, 5.74) is 3.97. The molecule has 1 aromatic carbocycles. The van der Waals surface area contributed by atoms with Gasteiger partial charge in [0.2, 0.25) is 0 Å². The molecule has 0 bridgehead atoms. The van der Waals surface area contributed by atoms with Crippen molar-refractivity contribution in [3.05, 3.63) is 53.3 Å². The van der Waals surface area contributed by atoms with E-state index < -0.39 is 0 Å².